The summed E-state index contributed by atoms with van der Waals surface area (Å²) in [5.41, 5.74) is 23.4. The molecule has 0 bridgehead atoms. The molecule has 0 radical (unpaired) electrons. The Labute approximate surface area is 819 Å². The molecule has 19 atom stereocenters. The van der Waals surface area contributed by atoms with Crippen molar-refractivity contribution < 1.29 is 111 Å². The van der Waals surface area contributed by atoms with Gasteiger partial charge < -0.3 is 144 Å². The summed E-state index contributed by atoms with van der Waals surface area (Å²) in [5.74, 6) is -20.3. The molecular weight excluding hydrogens is 1840 g/mol. The van der Waals surface area contributed by atoms with Gasteiger partial charge in [0.25, 0.3) is 0 Å². The smallest absolute Gasteiger partial charge is 0.303 e. The molecular formula is C91H149N27O23. The molecule has 0 aliphatic rings. The van der Waals surface area contributed by atoms with Crippen LogP contribution in [-0.4, -0.2) is 288 Å². The Balaban J connectivity index is 1.69. The molecule has 0 spiro atoms. The van der Waals surface area contributed by atoms with Crippen LogP contribution in [0.5, 0.6) is 5.75 Å². The van der Waals surface area contributed by atoms with Crippen LogP contribution >= 0.6 is 0 Å². The summed E-state index contributed by atoms with van der Waals surface area (Å²) in [6.45, 7) is 27.2. The Hall–Kier alpha value is -14.0. The summed E-state index contributed by atoms with van der Waals surface area (Å²) in [7, 11) is 0. The summed E-state index contributed by atoms with van der Waals surface area (Å²) >= 11 is 0. The molecule has 0 fully saturated rings. The van der Waals surface area contributed by atoms with Crippen LogP contribution in [0.1, 0.15) is 206 Å². The molecule has 2 aromatic heterocycles. The summed E-state index contributed by atoms with van der Waals surface area (Å²) in [6.07, 6.45) is 2.87. The van der Waals surface area contributed by atoms with Crippen LogP contribution in [0.15, 0.2) is 54.3 Å². The zero-order chi connectivity index (χ0) is 107. The third kappa shape index (κ3) is 45.7. The molecule has 0 unspecified atom stereocenters. The number of primary amides is 1. The van der Waals surface area contributed by atoms with Gasteiger partial charge >= 0.3 is 5.97 Å². The number of aromatic nitrogens is 4. The monoisotopic (exact) mass is 1990 g/mol. The van der Waals surface area contributed by atoms with Gasteiger partial charge in [0.2, 0.25) is 112 Å². The summed E-state index contributed by atoms with van der Waals surface area (Å²) in [4.78, 5) is 292. The fraction of sp³-hybridized carbons (Fsp3) is 0.637. The number of nitrogens with one attached hydrogen (secondary N) is 20. The molecule has 0 aliphatic carbocycles. The first-order chi connectivity index (χ1) is 66.0. The maximum absolute atomic E-state index is 14.6. The van der Waals surface area contributed by atoms with E-state index in [1.165, 1.54) is 90.9 Å². The van der Waals surface area contributed by atoms with Crippen molar-refractivity contribution in [3.05, 3.63) is 66.3 Å². The van der Waals surface area contributed by atoms with E-state index < -0.39 is 259 Å². The lowest BCUT2D eigenvalue weighted by molar-refractivity contribution is -0.139. The lowest BCUT2D eigenvalue weighted by Gasteiger charge is -2.29. The zero-order valence-electron chi connectivity index (χ0n) is 83.4. The number of aliphatic carboxylic acids is 1. The van der Waals surface area contributed by atoms with Crippen LogP contribution in [0.2, 0.25) is 0 Å². The van der Waals surface area contributed by atoms with Crippen molar-refractivity contribution in [3.8, 4) is 5.75 Å². The molecule has 1 aromatic carbocycles. The number of aromatic amines is 2. The van der Waals surface area contributed by atoms with Gasteiger partial charge in [-0.25, -0.2) is 9.97 Å². The summed E-state index contributed by atoms with van der Waals surface area (Å²) < 4.78 is 0. The number of aromatic hydroxyl groups is 1. The SMILES string of the molecule is CC[C@H](C)[C@H](NC(=O)CNC(=O)[C@H](C)NC(=O)[C@H](C)NC(=O)[C@H](Cc1c[nH]cn1)NC(=O)[C@H](C)NC(=O)[C@H](C)NC(=O)[C@H](C)NC(=O)CNC(=O)[C@H](Cc1c[nH]cn1)NC(=O)[C@H](CC(C)C)NC(=O)[C@H](CC(C)C)NC(=O)[C@H](CCC(=O)O)NC(=O)[C@H](Cc1ccc(O)cc1)NC(=O)[C@H](CC(C)C)NC(=O)[C@@H](N)CCCN=C(N)N)C(=O)N[C@@H](CC(C)C)C(=O)N[C@H](C(=O)N[C@@H](CC(C)C)C(N)=O)[C@@H](C)O. The Morgan fingerprint density at radius 3 is 1.12 bits per heavy atom. The van der Waals surface area contributed by atoms with E-state index in [-0.39, 0.29) is 117 Å². The first kappa shape index (κ1) is 121. The van der Waals surface area contributed by atoms with Gasteiger partial charge in [-0.3, -0.25) is 101 Å². The van der Waals surface area contributed by atoms with Gasteiger partial charge in [-0.1, -0.05) is 102 Å². The number of carbonyl (C=O) groups excluding carboxylic acids is 19. The van der Waals surface area contributed by atoms with Crippen molar-refractivity contribution in [3.63, 3.8) is 0 Å². The predicted octanol–water partition coefficient (Wildman–Crippen LogP) is -5.66. The maximum Gasteiger partial charge on any atom is 0.303 e. The highest BCUT2D eigenvalue weighted by molar-refractivity contribution is 6.02. The molecule has 2 heterocycles. The third-order valence-electron chi connectivity index (χ3n) is 22.0. The van der Waals surface area contributed by atoms with Crippen LogP contribution in [0, 0.1) is 35.5 Å². The van der Waals surface area contributed by atoms with Gasteiger partial charge in [0.15, 0.2) is 5.96 Å². The number of hydrogen-bond donors (Lipinski definition) is 27. The van der Waals surface area contributed by atoms with E-state index in [9.17, 15) is 111 Å². The fourth-order valence-corrected chi connectivity index (χ4v) is 14.0. The highest BCUT2D eigenvalue weighted by atomic mass is 16.4. The normalized spacial score (nSPS) is 15.3. The van der Waals surface area contributed by atoms with Gasteiger partial charge in [0.05, 0.1) is 49.3 Å². The third-order valence-corrected chi connectivity index (χ3v) is 22.0. The van der Waals surface area contributed by atoms with Gasteiger partial charge in [-0.05, 0) is 146 Å². The molecule has 3 rings (SSSR count). The highest BCUT2D eigenvalue weighted by Crippen LogP contribution is 2.19. The number of nitrogens with zero attached hydrogens (tertiary/aromatic N) is 3. The average Bonchev–Trinajstić information content (AvgIpc) is 1.30. The van der Waals surface area contributed by atoms with E-state index in [0.717, 1.165) is 0 Å². The Bertz CT molecular complexity index is 4700. The number of carboxylic acids is 1. The second-order valence-corrected chi connectivity index (χ2v) is 37.3. The number of aliphatic hydroxyl groups excluding tert-OH is 1. The summed E-state index contributed by atoms with van der Waals surface area (Å²) in [5, 5.41) is 75.8. The predicted molar refractivity (Wildman–Crippen MR) is 514 cm³/mol. The summed E-state index contributed by atoms with van der Waals surface area (Å²) in [6, 6.07) is -18.0. The first-order valence-corrected chi connectivity index (χ1v) is 47.1. The molecule has 50 nitrogen and oxygen atoms in total. The van der Waals surface area contributed by atoms with E-state index in [0.29, 0.717) is 18.4 Å². The Morgan fingerprint density at radius 2 is 0.702 bits per heavy atom. The van der Waals surface area contributed by atoms with Crippen molar-refractivity contribution in [2.75, 3.05) is 19.6 Å². The average molecular weight is 1990 g/mol. The fourth-order valence-electron chi connectivity index (χ4n) is 14.0. The molecule has 786 valence electrons. The van der Waals surface area contributed by atoms with Crippen molar-refractivity contribution >= 4 is 124 Å². The van der Waals surface area contributed by atoms with Crippen molar-refractivity contribution in [2.45, 2.75) is 317 Å². The number of aliphatic hydroxyl groups is 1. The number of aliphatic imine (C=N–C) groups is 1. The van der Waals surface area contributed by atoms with E-state index in [4.69, 9.17) is 22.9 Å². The number of guanidine groups is 1. The largest absolute Gasteiger partial charge is 0.508 e. The first-order valence-electron chi connectivity index (χ1n) is 47.1. The van der Waals surface area contributed by atoms with E-state index in [1.54, 1.807) is 83.1 Å². The van der Waals surface area contributed by atoms with Gasteiger partial charge in [-0.2, -0.15) is 0 Å². The molecule has 3 aromatic rings. The van der Waals surface area contributed by atoms with E-state index in [2.05, 4.69) is 121 Å². The van der Waals surface area contributed by atoms with Crippen LogP contribution < -0.4 is 119 Å². The standard InChI is InChI=1S/C91H149N27O23/c1-19-48(12)72(89(140)116-65(33-47(10)11)88(139)118-73(54(18)119)90(141)109-61(74(93)125)29-43(2)3)117-70(122)40-99-75(126)49(13)104-78(129)52(16)107-83(134)68(36-57-38-97-42-102-57)110-79(130)53(17)106-77(128)51(15)105-76(127)50(14)103-69(121)39-100-81(132)67(35-56-37-96-41-101-56)115-86(137)64(32-46(8)9)113-85(136)63(31-45(6)7)112-82(133)60(26-27-71(123)124)108-87(138)66(34-55-22-24-58(120)25-23-55)114-84(135)62(30-44(4)5)111-80(131)59(92)21-20-28-98-91(94)95/h22-25,37-38,41-54,59-68,72-73,119-120H,19-21,26-36,39-40,92H2,1-18H3,(H2,93,125)(H,96,101)(H,97,102)(H,99,126)(H,100,132)(H,103,121)(H,104,129)(H,105,127)(H,106,128)(H,107,134)(H,108,138)(H,109,141)(H,110,130)(H,111,131)(H,112,133)(H,113,136)(H,114,135)(H,115,137)(H,116,140)(H,117,122)(H,118,139)(H,123,124)(H4,94,95,98)/t48-,49-,50-,51-,52-,53-,54+,59-,60-,61-,62-,63-,64-,65-,66-,67-,68-,72-,73-/m0/s1. The number of hydrogen-bond acceptors (Lipinski definition) is 26. The number of H-pyrrole nitrogens is 2. The van der Waals surface area contributed by atoms with Crippen LogP contribution in [0.4, 0.5) is 0 Å². The second kappa shape index (κ2) is 60.8. The molecule has 141 heavy (non-hydrogen) atoms. The quantitative estimate of drug-likeness (QED) is 0.0142. The number of carboxylic acid groups (broad SMARTS) is 1. The molecule has 50 heteroatoms. The molecule has 0 saturated carbocycles. The van der Waals surface area contributed by atoms with Crippen molar-refractivity contribution in [1.82, 2.24) is 116 Å². The van der Waals surface area contributed by atoms with Crippen molar-refractivity contribution in [1.29, 1.82) is 0 Å². The number of nitrogens with two attached hydrogens (primary N) is 4. The molecule has 31 N–H and O–H groups in total. The lowest BCUT2D eigenvalue weighted by Crippen LogP contribution is -2.61. The topological polar surface area (TPSA) is 792 Å². The maximum atomic E-state index is 14.6. The number of imidazole rings is 2. The number of rotatable bonds is 63. The van der Waals surface area contributed by atoms with Crippen LogP contribution in [0.3, 0.4) is 0 Å². The van der Waals surface area contributed by atoms with Gasteiger partial charge in [0, 0.05) is 44.6 Å². The van der Waals surface area contributed by atoms with Gasteiger partial charge in [0.1, 0.15) is 102 Å². The molecule has 0 aliphatic heterocycles. The molecule has 19 amide bonds. The van der Waals surface area contributed by atoms with E-state index >= 15 is 0 Å². The lowest BCUT2D eigenvalue weighted by atomic mass is 9.96. The minimum atomic E-state index is -1.69. The van der Waals surface area contributed by atoms with Crippen LogP contribution in [0.25, 0.3) is 0 Å². The highest BCUT2D eigenvalue weighted by Gasteiger charge is 2.40. The van der Waals surface area contributed by atoms with Crippen LogP contribution in [-0.2, 0) is 115 Å². The van der Waals surface area contributed by atoms with Gasteiger partial charge in [-0.15, -0.1) is 0 Å². The zero-order valence-corrected chi connectivity index (χ0v) is 83.4. The Kier molecular flexibility index (Phi) is 52.2. The number of phenolic OH excluding ortho intramolecular Hbond substituents is 1. The number of phenols is 1. The van der Waals surface area contributed by atoms with E-state index in [1.807, 2.05) is 0 Å². The van der Waals surface area contributed by atoms with Crippen molar-refractivity contribution in [2.24, 2.45) is 63.4 Å². The second-order valence-electron chi connectivity index (χ2n) is 37.3. The number of amides is 19. The Morgan fingerprint density at radius 1 is 0.369 bits per heavy atom. The number of benzene rings is 1. The molecule has 0 saturated heterocycles. The minimum Gasteiger partial charge on any atom is -0.508 e. The minimum absolute atomic E-state index is 0.0416. The number of carbonyl (C=O) groups is 20.